The third-order valence-corrected chi connectivity index (χ3v) is 3.64. The molecule has 0 aliphatic carbocycles. The van der Waals surface area contributed by atoms with Gasteiger partial charge in [-0.05, 0) is 27.8 Å². The molecule has 0 radical (unpaired) electrons. The number of nitrogens with one attached hydrogen (secondary N) is 1. The molecular formula is C12H20N4O. The summed E-state index contributed by atoms with van der Waals surface area (Å²) in [6.45, 7) is 14.6. The van der Waals surface area contributed by atoms with Gasteiger partial charge in [0.05, 0.1) is 18.0 Å². The van der Waals surface area contributed by atoms with E-state index >= 15 is 0 Å². The molecule has 0 saturated carbocycles. The Morgan fingerprint density at radius 1 is 1.47 bits per heavy atom. The Labute approximate surface area is 103 Å². The van der Waals surface area contributed by atoms with Gasteiger partial charge in [-0.1, -0.05) is 0 Å². The Bertz CT molecular complexity index is 368. The van der Waals surface area contributed by atoms with Crippen LogP contribution in [0.15, 0.2) is 0 Å². The number of hydrazine groups is 1. The van der Waals surface area contributed by atoms with Crippen LogP contribution >= 0.6 is 0 Å². The van der Waals surface area contributed by atoms with Crippen molar-refractivity contribution in [3.8, 4) is 0 Å². The zero-order chi connectivity index (χ0) is 12.8. The minimum atomic E-state index is -0.223. The maximum Gasteiger partial charge on any atom is 0.255 e. The van der Waals surface area contributed by atoms with Gasteiger partial charge < -0.3 is 4.85 Å². The Balaban J connectivity index is 2.23. The van der Waals surface area contributed by atoms with Gasteiger partial charge in [0, 0.05) is 6.54 Å². The summed E-state index contributed by atoms with van der Waals surface area (Å²) in [5.74, 6) is 0.228. The van der Waals surface area contributed by atoms with E-state index in [1.54, 1.807) is 5.01 Å². The molecule has 5 heteroatoms. The van der Waals surface area contributed by atoms with E-state index < -0.39 is 0 Å². The van der Waals surface area contributed by atoms with Gasteiger partial charge >= 0.3 is 0 Å². The number of hydrogen-bond donors (Lipinski definition) is 1. The highest BCUT2D eigenvalue weighted by Crippen LogP contribution is 2.31. The Kier molecular flexibility index (Phi) is 2.88. The second kappa shape index (κ2) is 3.97. The van der Waals surface area contributed by atoms with Gasteiger partial charge in [-0.2, -0.15) is 0 Å². The molecule has 2 fully saturated rings. The van der Waals surface area contributed by atoms with Gasteiger partial charge in [-0.3, -0.25) is 14.7 Å². The lowest BCUT2D eigenvalue weighted by atomic mass is 9.92. The molecule has 2 rings (SSSR count). The molecule has 1 amide bonds. The normalized spacial score (nSPS) is 34.6. The predicted octanol–water partition coefficient (Wildman–Crippen LogP) is 0.350. The molecular weight excluding hydrogens is 216 g/mol. The molecule has 0 aromatic heterocycles. The number of rotatable bonds is 0. The molecule has 2 saturated heterocycles. The topological polar surface area (TPSA) is 39.9 Å². The monoisotopic (exact) mass is 236 g/mol. The van der Waals surface area contributed by atoms with E-state index in [0.29, 0.717) is 13.1 Å². The van der Waals surface area contributed by atoms with Gasteiger partial charge in [0.2, 0.25) is 6.04 Å². The highest BCUT2D eigenvalue weighted by Gasteiger charge is 2.53. The molecule has 3 unspecified atom stereocenters. The molecule has 2 aliphatic rings. The number of nitrogens with zero attached hydrogens (tertiary/aromatic N) is 3. The van der Waals surface area contributed by atoms with Gasteiger partial charge in [-0.15, -0.1) is 0 Å². The van der Waals surface area contributed by atoms with E-state index in [9.17, 15) is 4.79 Å². The highest BCUT2D eigenvalue weighted by molar-refractivity contribution is 5.84. The van der Waals surface area contributed by atoms with Crippen LogP contribution in [0.1, 0.15) is 20.8 Å². The highest BCUT2D eigenvalue weighted by atomic mass is 16.2. The molecule has 0 bridgehead atoms. The minimum absolute atomic E-state index is 0.0523. The van der Waals surface area contributed by atoms with E-state index in [-0.39, 0.29) is 29.4 Å². The molecule has 2 aliphatic heterocycles. The number of carbonyl (C=O) groups excluding carboxylic acids is 1. The molecule has 17 heavy (non-hydrogen) atoms. The standard InChI is InChI=1S/C12H20N4O/c1-12(2,3)16-11(17)10-8(6-14-16)9(13-4)7-15(10)5/h8-10,14H,6-7H2,1-3,5H3. The van der Waals surface area contributed by atoms with Gasteiger partial charge in [0.15, 0.2) is 0 Å². The van der Waals surface area contributed by atoms with Crippen molar-refractivity contribution >= 4 is 5.91 Å². The number of amides is 1. The first kappa shape index (κ1) is 12.3. The van der Waals surface area contributed by atoms with E-state index in [2.05, 4.69) is 10.3 Å². The van der Waals surface area contributed by atoms with E-state index in [1.165, 1.54) is 0 Å². The Morgan fingerprint density at radius 3 is 2.65 bits per heavy atom. The van der Waals surface area contributed by atoms with Crippen molar-refractivity contribution in [2.45, 2.75) is 38.4 Å². The van der Waals surface area contributed by atoms with Crippen LogP contribution in [-0.2, 0) is 4.79 Å². The molecule has 2 heterocycles. The van der Waals surface area contributed by atoms with Crippen molar-refractivity contribution in [2.24, 2.45) is 5.92 Å². The van der Waals surface area contributed by atoms with Crippen LogP contribution in [0.25, 0.3) is 4.85 Å². The lowest BCUT2D eigenvalue weighted by Crippen LogP contribution is -2.65. The lowest BCUT2D eigenvalue weighted by Gasteiger charge is -2.43. The van der Waals surface area contributed by atoms with E-state index in [0.717, 1.165) is 0 Å². The summed E-state index contributed by atoms with van der Waals surface area (Å²) in [6.07, 6.45) is 0. The first-order chi connectivity index (χ1) is 7.86. The molecule has 1 N–H and O–H groups in total. The minimum Gasteiger partial charge on any atom is -0.312 e. The quantitative estimate of drug-likeness (QED) is 0.617. The second-order valence-corrected chi connectivity index (χ2v) is 5.95. The fraction of sp³-hybridized carbons (Fsp3) is 0.833. The summed E-state index contributed by atoms with van der Waals surface area (Å²) in [5.41, 5.74) is 2.96. The first-order valence-electron chi connectivity index (χ1n) is 6.00. The van der Waals surface area contributed by atoms with Gasteiger partial charge in [-0.25, -0.2) is 12.0 Å². The number of likely N-dealkylation sites (N-methyl/N-ethyl adjacent to an activating group) is 1. The van der Waals surface area contributed by atoms with Gasteiger partial charge in [0.25, 0.3) is 5.91 Å². The molecule has 3 atom stereocenters. The molecule has 94 valence electrons. The molecule has 5 nitrogen and oxygen atoms in total. The Hall–Kier alpha value is -1.12. The van der Waals surface area contributed by atoms with Crippen molar-refractivity contribution in [1.82, 2.24) is 15.3 Å². The third kappa shape index (κ3) is 1.92. The molecule has 0 aromatic carbocycles. The summed E-state index contributed by atoms with van der Waals surface area (Å²) < 4.78 is 0. The van der Waals surface area contributed by atoms with Crippen molar-refractivity contribution in [3.63, 3.8) is 0 Å². The second-order valence-electron chi connectivity index (χ2n) is 5.95. The van der Waals surface area contributed by atoms with Gasteiger partial charge in [0.1, 0.15) is 6.04 Å². The van der Waals surface area contributed by atoms with Crippen molar-refractivity contribution in [1.29, 1.82) is 0 Å². The fourth-order valence-corrected chi connectivity index (χ4v) is 2.81. The smallest absolute Gasteiger partial charge is 0.255 e. The summed E-state index contributed by atoms with van der Waals surface area (Å²) in [7, 11) is 1.94. The summed E-state index contributed by atoms with van der Waals surface area (Å²) in [4.78, 5) is 18.1. The average Bonchev–Trinajstić information content (AvgIpc) is 2.54. The maximum absolute atomic E-state index is 12.4. The van der Waals surface area contributed by atoms with Crippen molar-refractivity contribution in [3.05, 3.63) is 11.4 Å². The SMILES string of the molecule is [C-]#[N+]C1CN(C)C2C(=O)N(C(C)(C)C)NCC12. The number of hydrogen-bond acceptors (Lipinski definition) is 3. The fourth-order valence-electron chi connectivity index (χ4n) is 2.81. The summed E-state index contributed by atoms with van der Waals surface area (Å²) in [5, 5.41) is 1.72. The first-order valence-corrected chi connectivity index (χ1v) is 6.00. The zero-order valence-corrected chi connectivity index (χ0v) is 10.9. The van der Waals surface area contributed by atoms with Crippen molar-refractivity contribution in [2.75, 3.05) is 20.1 Å². The average molecular weight is 236 g/mol. The van der Waals surface area contributed by atoms with Crippen LogP contribution < -0.4 is 5.43 Å². The number of likely N-dealkylation sites (tertiary alicyclic amines) is 1. The summed E-state index contributed by atoms with van der Waals surface area (Å²) >= 11 is 0. The third-order valence-electron chi connectivity index (χ3n) is 3.64. The summed E-state index contributed by atoms with van der Waals surface area (Å²) in [6, 6.07) is -0.182. The van der Waals surface area contributed by atoms with E-state index in [1.807, 2.05) is 32.7 Å². The number of fused-ring (bicyclic) bond motifs is 1. The molecule has 0 aromatic rings. The van der Waals surface area contributed by atoms with Crippen molar-refractivity contribution < 1.29 is 4.79 Å². The molecule has 0 spiro atoms. The number of carbonyl (C=O) groups is 1. The van der Waals surface area contributed by atoms with Crippen LogP contribution in [0.4, 0.5) is 0 Å². The van der Waals surface area contributed by atoms with Crippen LogP contribution in [0.2, 0.25) is 0 Å². The van der Waals surface area contributed by atoms with Crippen LogP contribution in [-0.4, -0.2) is 53.6 Å². The maximum atomic E-state index is 12.4. The van der Waals surface area contributed by atoms with E-state index in [4.69, 9.17) is 6.57 Å². The van der Waals surface area contributed by atoms with Crippen LogP contribution in [0.3, 0.4) is 0 Å². The zero-order valence-electron chi connectivity index (χ0n) is 10.9. The Morgan fingerprint density at radius 2 is 2.12 bits per heavy atom. The predicted molar refractivity (Wildman–Crippen MR) is 64.9 cm³/mol. The van der Waals surface area contributed by atoms with Crippen LogP contribution in [0, 0.1) is 12.5 Å². The largest absolute Gasteiger partial charge is 0.312 e. The van der Waals surface area contributed by atoms with Crippen LogP contribution in [0.5, 0.6) is 0 Å². The lowest BCUT2D eigenvalue weighted by molar-refractivity contribution is -0.151.